The summed E-state index contributed by atoms with van der Waals surface area (Å²) in [6, 6.07) is -0.589. The van der Waals surface area contributed by atoms with Crippen LogP contribution in [0.2, 0.25) is 0 Å². The van der Waals surface area contributed by atoms with Gasteiger partial charge in [0, 0.05) is 6.54 Å². The quantitative estimate of drug-likeness (QED) is 0.825. The maximum Gasteiger partial charge on any atom is 0.246 e. The van der Waals surface area contributed by atoms with Crippen molar-refractivity contribution in [2.24, 2.45) is 11.8 Å². The molecule has 2 fully saturated rings. The summed E-state index contributed by atoms with van der Waals surface area (Å²) >= 11 is 0. The van der Waals surface area contributed by atoms with E-state index in [1.54, 1.807) is 0 Å². The van der Waals surface area contributed by atoms with Gasteiger partial charge >= 0.3 is 0 Å². The van der Waals surface area contributed by atoms with Gasteiger partial charge in [-0.25, -0.2) is 0 Å². The lowest BCUT2D eigenvalue weighted by Crippen LogP contribution is -2.65. The fourth-order valence-corrected chi connectivity index (χ4v) is 2.81. The van der Waals surface area contributed by atoms with Crippen LogP contribution in [0.15, 0.2) is 0 Å². The third kappa shape index (κ3) is 2.38. The van der Waals surface area contributed by atoms with Crippen LogP contribution in [0.1, 0.15) is 46.5 Å². The summed E-state index contributed by atoms with van der Waals surface area (Å²) in [5.41, 5.74) is 0. The highest BCUT2D eigenvalue weighted by Gasteiger charge is 2.41. The minimum absolute atomic E-state index is 0.0233. The standard InChI is InChI=1S/C14H24N2O2/c1-4-11-13(17)15-12(9(2)3)14(18)16(11)8-10-6-5-7-10/h9-12H,4-8H2,1-3H3,(H,15,17). The molecule has 2 aliphatic rings. The van der Waals surface area contributed by atoms with Gasteiger partial charge in [0.2, 0.25) is 11.8 Å². The zero-order chi connectivity index (χ0) is 13.3. The zero-order valence-electron chi connectivity index (χ0n) is 11.6. The van der Waals surface area contributed by atoms with Gasteiger partial charge in [-0.15, -0.1) is 0 Å². The van der Waals surface area contributed by atoms with Crippen LogP contribution in [0, 0.1) is 11.8 Å². The van der Waals surface area contributed by atoms with Crippen molar-refractivity contribution in [3.63, 3.8) is 0 Å². The molecule has 1 heterocycles. The first-order chi connectivity index (χ1) is 8.54. The van der Waals surface area contributed by atoms with Crippen LogP contribution < -0.4 is 5.32 Å². The van der Waals surface area contributed by atoms with Crippen molar-refractivity contribution in [1.29, 1.82) is 0 Å². The van der Waals surface area contributed by atoms with Crippen molar-refractivity contribution >= 4 is 11.8 Å². The number of hydrogen-bond acceptors (Lipinski definition) is 2. The molecular formula is C14H24N2O2. The van der Waals surface area contributed by atoms with Crippen molar-refractivity contribution in [2.75, 3.05) is 6.54 Å². The Labute approximate surface area is 109 Å². The first kappa shape index (κ1) is 13.4. The van der Waals surface area contributed by atoms with Gasteiger partial charge < -0.3 is 10.2 Å². The Hall–Kier alpha value is -1.06. The Kier molecular flexibility index (Phi) is 3.93. The van der Waals surface area contributed by atoms with E-state index in [1.165, 1.54) is 19.3 Å². The number of hydrogen-bond donors (Lipinski definition) is 1. The molecule has 0 radical (unpaired) electrons. The molecule has 4 nitrogen and oxygen atoms in total. The molecule has 0 aromatic heterocycles. The van der Waals surface area contributed by atoms with Gasteiger partial charge in [0.15, 0.2) is 0 Å². The third-order valence-corrected chi connectivity index (χ3v) is 4.26. The fraction of sp³-hybridized carbons (Fsp3) is 0.857. The summed E-state index contributed by atoms with van der Waals surface area (Å²) < 4.78 is 0. The smallest absolute Gasteiger partial charge is 0.246 e. The maximum absolute atomic E-state index is 12.5. The molecule has 2 atom stereocenters. The average Bonchev–Trinajstić information content (AvgIpc) is 2.26. The van der Waals surface area contributed by atoms with E-state index in [-0.39, 0.29) is 29.8 Å². The molecule has 1 saturated heterocycles. The molecule has 1 aliphatic carbocycles. The van der Waals surface area contributed by atoms with Crippen LogP contribution >= 0.6 is 0 Å². The van der Waals surface area contributed by atoms with Gasteiger partial charge in [0.25, 0.3) is 0 Å². The molecule has 18 heavy (non-hydrogen) atoms. The van der Waals surface area contributed by atoms with Gasteiger partial charge in [-0.05, 0) is 31.1 Å². The molecule has 1 aliphatic heterocycles. The van der Waals surface area contributed by atoms with E-state index >= 15 is 0 Å². The topological polar surface area (TPSA) is 49.4 Å². The van der Waals surface area contributed by atoms with Gasteiger partial charge in [0.1, 0.15) is 12.1 Å². The Morgan fingerprint density at radius 1 is 1.33 bits per heavy atom. The van der Waals surface area contributed by atoms with Crippen molar-refractivity contribution in [1.82, 2.24) is 10.2 Å². The van der Waals surface area contributed by atoms with E-state index in [4.69, 9.17) is 0 Å². The van der Waals surface area contributed by atoms with E-state index in [1.807, 2.05) is 25.7 Å². The summed E-state index contributed by atoms with van der Waals surface area (Å²) in [7, 11) is 0. The lowest BCUT2D eigenvalue weighted by atomic mass is 9.84. The van der Waals surface area contributed by atoms with Gasteiger partial charge in [0.05, 0.1) is 0 Å². The SMILES string of the molecule is CCC1C(=O)NC(C(C)C)C(=O)N1CC1CCC1. The highest BCUT2D eigenvalue weighted by molar-refractivity contribution is 5.97. The average molecular weight is 252 g/mol. The lowest BCUT2D eigenvalue weighted by Gasteiger charge is -2.43. The van der Waals surface area contributed by atoms with E-state index in [2.05, 4.69) is 5.32 Å². The molecule has 1 N–H and O–H groups in total. The Balaban J connectivity index is 2.13. The number of carbonyl (C=O) groups excluding carboxylic acids is 2. The summed E-state index contributed by atoms with van der Waals surface area (Å²) in [6.07, 6.45) is 4.38. The second-order valence-corrected chi connectivity index (χ2v) is 5.94. The third-order valence-electron chi connectivity index (χ3n) is 4.26. The molecule has 2 unspecified atom stereocenters. The number of nitrogens with zero attached hydrogens (tertiary/aromatic N) is 1. The molecule has 1 saturated carbocycles. The van der Waals surface area contributed by atoms with Crippen LogP contribution in [0.25, 0.3) is 0 Å². The van der Waals surface area contributed by atoms with Crippen LogP contribution in [0.5, 0.6) is 0 Å². The molecule has 102 valence electrons. The van der Waals surface area contributed by atoms with Crippen molar-refractivity contribution < 1.29 is 9.59 Å². The molecule has 2 rings (SSSR count). The zero-order valence-corrected chi connectivity index (χ0v) is 11.6. The molecule has 4 heteroatoms. The van der Waals surface area contributed by atoms with Crippen molar-refractivity contribution in [3.8, 4) is 0 Å². The number of carbonyl (C=O) groups is 2. The predicted molar refractivity (Wildman–Crippen MR) is 69.9 cm³/mol. The second-order valence-electron chi connectivity index (χ2n) is 5.94. The monoisotopic (exact) mass is 252 g/mol. The molecule has 2 amide bonds. The molecule has 0 bridgehead atoms. The minimum atomic E-state index is -0.333. The summed E-state index contributed by atoms with van der Waals surface area (Å²) in [5.74, 6) is 0.906. The Bertz CT molecular complexity index is 337. The highest BCUT2D eigenvalue weighted by Crippen LogP contribution is 2.29. The minimum Gasteiger partial charge on any atom is -0.342 e. The predicted octanol–water partition coefficient (Wildman–Crippen LogP) is 1.55. The second kappa shape index (κ2) is 5.29. The molecule has 0 aromatic rings. The highest BCUT2D eigenvalue weighted by atomic mass is 16.2. The number of nitrogens with one attached hydrogen (secondary N) is 1. The van der Waals surface area contributed by atoms with Crippen molar-refractivity contribution in [2.45, 2.75) is 58.5 Å². The van der Waals surface area contributed by atoms with Gasteiger partial charge in [-0.2, -0.15) is 0 Å². The van der Waals surface area contributed by atoms with Gasteiger partial charge in [-0.1, -0.05) is 27.2 Å². The Morgan fingerprint density at radius 3 is 2.44 bits per heavy atom. The van der Waals surface area contributed by atoms with E-state index in [9.17, 15) is 9.59 Å². The number of amides is 2. The van der Waals surface area contributed by atoms with E-state index in [0.717, 1.165) is 6.54 Å². The number of rotatable bonds is 4. The maximum atomic E-state index is 12.5. The fourth-order valence-electron chi connectivity index (χ4n) is 2.81. The normalized spacial score (nSPS) is 29.4. The van der Waals surface area contributed by atoms with Crippen LogP contribution in [0.4, 0.5) is 0 Å². The first-order valence-electron chi connectivity index (χ1n) is 7.15. The van der Waals surface area contributed by atoms with Crippen LogP contribution in [0.3, 0.4) is 0 Å². The molecule has 0 spiro atoms. The van der Waals surface area contributed by atoms with Gasteiger partial charge in [-0.3, -0.25) is 9.59 Å². The van der Waals surface area contributed by atoms with Crippen LogP contribution in [-0.4, -0.2) is 35.3 Å². The summed E-state index contributed by atoms with van der Waals surface area (Å²) in [4.78, 5) is 26.4. The molecule has 0 aromatic carbocycles. The van der Waals surface area contributed by atoms with Crippen LogP contribution in [-0.2, 0) is 9.59 Å². The summed E-state index contributed by atoms with van der Waals surface area (Å²) in [5, 5.41) is 2.88. The largest absolute Gasteiger partial charge is 0.342 e. The van der Waals surface area contributed by atoms with Crippen molar-refractivity contribution in [3.05, 3.63) is 0 Å². The lowest BCUT2D eigenvalue weighted by molar-refractivity contribution is -0.152. The van der Waals surface area contributed by atoms with E-state index in [0.29, 0.717) is 12.3 Å². The first-order valence-corrected chi connectivity index (χ1v) is 7.15. The summed E-state index contributed by atoms with van der Waals surface area (Å²) in [6.45, 7) is 6.71. The molecular weight excluding hydrogens is 228 g/mol. The Morgan fingerprint density at radius 2 is 2.00 bits per heavy atom. The number of piperazine rings is 1. The van der Waals surface area contributed by atoms with E-state index < -0.39 is 0 Å².